The third-order valence-corrected chi connectivity index (χ3v) is 8.02. The van der Waals surface area contributed by atoms with Crippen molar-refractivity contribution < 1.29 is 4.57 Å². The smallest absolute Gasteiger partial charge is 0.0918 e. The summed E-state index contributed by atoms with van der Waals surface area (Å²) in [4.78, 5) is 0. The second kappa shape index (κ2) is 12.5. The Morgan fingerprint density at radius 1 is 0.905 bits per heavy atom. The molecule has 1 nitrogen and oxygen atoms in total. The highest BCUT2D eigenvalue weighted by Gasteiger charge is 2.27. The van der Waals surface area contributed by atoms with E-state index < -0.39 is 7.14 Å². The van der Waals surface area contributed by atoms with Crippen LogP contribution in [0.15, 0.2) is 12.7 Å². The average molecular weight is 314 g/mol. The first-order valence-electron chi connectivity index (χ1n) is 9.23. The summed E-state index contributed by atoms with van der Waals surface area (Å²) in [5, 5.41) is 0. The highest BCUT2D eigenvalue weighted by Crippen LogP contribution is 2.51. The summed E-state index contributed by atoms with van der Waals surface area (Å²) in [6.45, 7) is 12.9. The minimum absolute atomic E-state index is 0.652. The van der Waals surface area contributed by atoms with E-state index in [9.17, 15) is 4.57 Å². The van der Waals surface area contributed by atoms with Crippen molar-refractivity contribution in [3.8, 4) is 0 Å². The first-order chi connectivity index (χ1) is 10.0. The predicted molar refractivity (Wildman–Crippen MR) is 99.0 cm³/mol. The molecule has 0 aliphatic heterocycles. The van der Waals surface area contributed by atoms with Crippen LogP contribution in [-0.4, -0.2) is 18.5 Å². The molecule has 0 aliphatic rings. The Kier molecular flexibility index (Phi) is 12.5. The maximum atomic E-state index is 13.4. The molecule has 0 saturated carbocycles. The zero-order valence-electron chi connectivity index (χ0n) is 15.1. The fraction of sp³-hybridized carbons (Fsp3) is 0.895. The Labute approximate surface area is 134 Å². The summed E-state index contributed by atoms with van der Waals surface area (Å²) in [5.41, 5.74) is 0. The van der Waals surface area contributed by atoms with E-state index >= 15 is 0 Å². The fourth-order valence-electron chi connectivity index (χ4n) is 3.23. The molecule has 0 aliphatic carbocycles. The van der Waals surface area contributed by atoms with Gasteiger partial charge in [0.1, 0.15) is 0 Å². The van der Waals surface area contributed by atoms with Gasteiger partial charge < -0.3 is 4.57 Å². The summed E-state index contributed by atoms with van der Waals surface area (Å²) < 4.78 is 13.4. The van der Waals surface area contributed by atoms with E-state index in [1.807, 2.05) is 6.08 Å². The molecular formula is C19H39OP. The molecule has 21 heavy (non-hydrogen) atoms. The second-order valence-corrected chi connectivity index (χ2v) is 9.94. The van der Waals surface area contributed by atoms with Crippen LogP contribution in [0.2, 0.25) is 0 Å². The van der Waals surface area contributed by atoms with E-state index in [0.29, 0.717) is 11.8 Å². The van der Waals surface area contributed by atoms with E-state index in [0.717, 1.165) is 18.5 Å². The molecule has 0 spiro atoms. The second-order valence-electron chi connectivity index (χ2n) is 6.73. The highest BCUT2D eigenvalue weighted by molar-refractivity contribution is 7.64. The molecule has 0 aromatic heterocycles. The number of unbranched alkanes of at least 4 members (excludes halogenated alkanes) is 2. The maximum Gasteiger partial charge on any atom is 0.0918 e. The van der Waals surface area contributed by atoms with Crippen LogP contribution in [0.1, 0.15) is 79.1 Å². The zero-order valence-corrected chi connectivity index (χ0v) is 16.0. The van der Waals surface area contributed by atoms with Crippen molar-refractivity contribution >= 4 is 7.14 Å². The van der Waals surface area contributed by atoms with Gasteiger partial charge in [0.05, 0.1) is 7.14 Å². The lowest BCUT2D eigenvalue weighted by Crippen LogP contribution is -2.14. The first-order valence-corrected chi connectivity index (χ1v) is 11.5. The number of hydrogen-bond donors (Lipinski definition) is 0. The largest absolute Gasteiger partial charge is 0.323 e. The molecular weight excluding hydrogens is 275 g/mol. The van der Waals surface area contributed by atoms with Crippen LogP contribution in [0.5, 0.6) is 0 Å². The van der Waals surface area contributed by atoms with Crippen molar-refractivity contribution in [1.29, 1.82) is 0 Å². The van der Waals surface area contributed by atoms with Gasteiger partial charge in [-0.05, 0) is 11.8 Å². The van der Waals surface area contributed by atoms with Gasteiger partial charge >= 0.3 is 0 Å². The van der Waals surface area contributed by atoms with Crippen LogP contribution in [0.4, 0.5) is 0 Å². The molecule has 0 amide bonds. The molecule has 126 valence electrons. The van der Waals surface area contributed by atoms with Crippen molar-refractivity contribution in [3.05, 3.63) is 12.7 Å². The minimum atomic E-state index is -2.06. The number of rotatable bonds is 14. The van der Waals surface area contributed by atoms with Crippen molar-refractivity contribution in [3.63, 3.8) is 0 Å². The van der Waals surface area contributed by atoms with Gasteiger partial charge in [0.2, 0.25) is 0 Å². The third kappa shape index (κ3) is 9.56. The summed E-state index contributed by atoms with van der Waals surface area (Å²) >= 11 is 0. The molecule has 0 heterocycles. The Morgan fingerprint density at radius 3 is 1.62 bits per heavy atom. The standard InChI is InChI=1S/C19H39OP/c1-6-11-13-18(9-4)16-21(20,15-8-3)17-19(10-5)14-12-7-2/h8,18-19H,3,6-7,9-17H2,1-2,4-5H3. The Bertz CT molecular complexity index is 276. The van der Waals surface area contributed by atoms with Crippen molar-refractivity contribution in [2.45, 2.75) is 79.1 Å². The molecule has 0 bridgehead atoms. The lowest BCUT2D eigenvalue weighted by Gasteiger charge is -2.26. The van der Waals surface area contributed by atoms with Gasteiger partial charge in [0, 0.05) is 18.5 Å². The molecule has 0 aromatic rings. The van der Waals surface area contributed by atoms with Gasteiger partial charge in [-0.3, -0.25) is 0 Å². The van der Waals surface area contributed by atoms with Gasteiger partial charge in [-0.25, -0.2) is 0 Å². The van der Waals surface area contributed by atoms with Crippen molar-refractivity contribution in [1.82, 2.24) is 0 Å². The molecule has 0 saturated heterocycles. The topological polar surface area (TPSA) is 17.1 Å². The minimum Gasteiger partial charge on any atom is -0.323 e. The van der Waals surface area contributed by atoms with Crippen LogP contribution in [0, 0.1) is 11.8 Å². The maximum absolute atomic E-state index is 13.4. The van der Waals surface area contributed by atoms with Crippen LogP contribution in [-0.2, 0) is 4.57 Å². The summed E-state index contributed by atoms with van der Waals surface area (Å²) in [6.07, 6.45) is 14.5. The SMILES string of the molecule is C=CCP(=O)(CC(CC)CCCC)CC(CC)CCCC. The predicted octanol–water partition coefficient (Wildman–Crippen LogP) is 6.97. The summed E-state index contributed by atoms with van der Waals surface area (Å²) in [6, 6.07) is 0. The zero-order chi connectivity index (χ0) is 16.1. The summed E-state index contributed by atoms with van der Waals surface area (Å²) in [5.74, 6) is 1.30. The van der Waals surface area contributed by atoms with Gasteiger partial charge in [0.15, 0.2) is 0 Å². The molecule has 2 heteroatoms. The van der Waals surface area contributed by atoms with Gasteiger partial charge in [0.25, 0.3) is 0 Å². The lowest BCUT2D eigenvalue weighted by molar-refractivity contribution is 0.463. The van der Waals surface area contributed by atoms with E-state index in [1.165, 1.54) is 51.4 Å². The Balaban J connectivity index is 4.70. The van der Waals surface area contributed by atoms with Crippen molar-refractivity contribution in [2.24, 2.45) is 11.8 Å². The van der Waals surface area contributed by atoms with Gasteiger partial charge in [-0.1, -0.05) is 85.1 Å². The van der Waals surface area contributed by atoms with Crippen LogP contribution < -0.4 is 0 Å². The molecule has 0 aromatic carbocycles. The van der Waals surface area contributed by atoms with E-state index in [2.05, 4.69) is 34.3 Å². The van der Waals surface area contributed by atoms with Crippen LogP contribution >= 0.6 is 7.14 Å². The molecule has 0 fully saturated rings. The number of hydrogen-bond acceptors (Lipinski definition) is 1. The fourth-order valence-corrected chi connectivity index (χ4v) is 6.92. The lowest BCUT2D eigenvalue weighted by atomic mass is 10.0. The van der Waals surface area contributed by atoms with Crippen molar-refractivity contribution in [2.75, 3.05) is 18.5 Å². The average Bonchev–Trinajstić information content (AvgIpc) is 2.48. The summed E-state index contributed by atoms with van der Waals surface area (Å²) in [7, 11) is -2.06. The van der Waals surface area contributed by atoms with E-state index in [-0.39, 0.29) is 0 Å². The molecule has 0 N–H and O–H groups in total. The van der Waals surface area contributed by atoms with Gasteiger partial charge in [-0.2, -0.15) is 0 Å². The normalized spacial score (nSPS) is 17.1. The molecule has 0 radical (unpaired) electrons. The quantitative estimate of drug-likeness (QED) is 0.250. The first kappa shape index (κ1) is 21.0. The Hall–Kier alpha value is -0.0300. The van der Waals surface area contributed by atoms with Crippen LogP contribution in [0.3, 0.4) is 0 Å². The van der Waals surface area contributed by atoms with Crippen LogP contribution in [0.25, 0.3) is 0 Å². The monoisotopic (exact) mass is 314 g/mol. The van der Waals surface area contributed by atoms with Gasteiger partial charge in [-0.15, -0.1) is 6.58 Å². The van der Waals surface area contributed by atoms with E-state index in [4.69, 9.17) is 0 Å². The third-order valence-electron chi connectivity index (χ3n) is 4.73. The Morgan fingerprint density at radius 2 is 1.33 bits per heavy atom. The molecule has 2 atom stereocenters. The molecule has 2 unspecified atom stereocenters. The van der Waals surface area contributed by atoms with E-state index in [1.54, 1.807) is 0 Å². The highest BCUT2D eigenvalue weighted by atomic mass is 31.2. The number of allylic oxidation sites excluding steroid dienone is 1. The molecule has 0 rings (SSSR count).